The Hall–Kier alpha value is -1.89. The monoisotopic (exact) mass is 285 g/mol. The van der Waals surface area contributed by atoms with E-state index in [1.54, 1.807) is 19.9 Å². The molecular weight excluding hydrogens is 270 g/mol. The standard InChI is InChI=1S/C12H15NO5S/c1-7-4-8(2)12(13)10(5-7)19(16,17)18-11(15)6-9(3)14/h4-5H,6,13H2,1-3H3. The van der Waals surface area contributed by atoms with Crippen molar-refractivity contribution in [3.8, 4) is 0 Å². The molecular formula is C12H15NO5S. The first-order chi connectivity index (χ1) is 8.63. The van der Waals surface area contributed by atoms with E-state index in [9.17, 15) is 18.0 Å². The maximum Gasteiger partial charge on any atom is 0.343 e. The first-order valence-electron chi connectivity index (χ1n) is 5.47. The molecule has 0 fully saturated rings. The highest BCUT2D eigenvalue weighted by Gasteiger charge is 2.24. The number of ketones is 1. The Kier molecular flexibility index (Phi) is 4.31. The summed E-state index contributed by atoms with van der Waals surface area (Å²) in [6.07, 6.45) is -0.593. The maximum absolute atomic E-state index is 11.9. The minimum absolute atomic E-state index is 0.0289. The molecule has 0 bridgehead atoms. The van der Waals surface area contributed by atoms with Crippen LogP contribution in [0, 0.1) is 13.8 Å². The van der Waals surface area contributed by atoms with Gasteiger partial charge in [-0.05, 0) is 38.0 Å². The zero-order valence-electron chi connectivity index (χ0n) is 10.9. The van der Waals surface area contributed by atoms with E-state index in [2.05, 4.69) is 4.18 Å². The summed E-state index contributed by atoms with van der Waals surface area (Å²) >= 11 is 0. The third kappa shape index (κ3) is 3.78. The van der Waals surface area contributed by atoms with Gasteiger partial charge in [0.05, 0.1) is 5.69 Å². The quantitative estimate of drug-likeness (QED) is 0.504. The SMILES string of the molecule is CC(=O)CC(=O)OS(=O)(=O)c1cc(C)cc(C)c1N. The smallest absolute Gasteiger partial charge is 0.343 e. The molecule has 1 aromatic rings. The first-order valence-corrected chi connectivity index (χ1v) is 6.88. The molecule has 0 aliphatic carbocycles. The lowest BCUT2D eigenvalue weighted by Crippen LogP contribution is -2.17. The van der Waals surface area contributed by atoms with Crippen molar-refractivity contribution in [3.63, 3.8) is 0 Å². The van der Waals surface area contributed by atoms with E-state index in [1.807, 2.05) is 0 Å². The van der Waals surface area contributed by atoms with Crippen LogP contribution in [0.3, 0.4) is 0 Å². The van der Waals surface area contributed by atoms with E-state index in [0.29, 0.717) is 11.1 Å². The predicted octanol–water partition coefficient (Wildman–Crippen LogP) is 1.10. The molecule has 0 radical (unpaired) electrons. The lowest BCUT2D eigenvalue weighted by Gasteiger charge is -2.10. The van der Waals surface area contributed by atoms with Gasteiger partial charge in [-0.15, -0.1) is 0 Å². The fraction of sp³-hybridized carbons (Fsp3) is 0.333. The molecule has 0 aromatic heterocycles. The van der Waals surface area contributed by atoms with E-state index < -0.39 is 28.3 Å². The Balaban J connectivity index is 3.14. The Labute approximate surface area is 111 Å². The van der Waals surface area contributed by atoms with Crippen molar-refractivity contribution >= 4 is 27.6 Å². The Bertz CT molecular complexity index is 634. The molecule has 0 heterocycles. The number of anilines is 1. The van der Waals surface area contributed by atoms with Crippen molar-refractivity contribution in [1.29, 1.82) is 0 Å². The number of rotatable bonds is 4. The summed E-state index contributed by atoms with van der Waals surface area (Å²) in [7, 11) is -4.31. The zero-order chi connectivity index (χ0) is 14.8. The molecule has 0 amide bonds. The van der Waals surface area contributed by atoms with Gasteiger partial charge >= 0.3 is 16.1 Å². The number of carbonyl (C=O) groups excluding carboxylic acids is 2. The first kappa shape index (κ1) is 15.2. The number of aryl methyl sites for hydroxylation is 2. The molecule has 0 unspecified atom stereocenters. The van der Waals surface area contributed by atoms with Gasteiger partial charge in [0, 0.05) is 0 Å². The normalized spacial score (nSPS) is 11.1. The zero-order valence-corrected chi connectivity index (χ0v) is 11.7. The fourth-order valence-corrected chi connectivity index (χ4v) is 2.70. The minimum Gasteiger partial charge on any atom is -0.397 e. The van der Waals surface area contributed by atoms with Gasteiger partial charge in [-0.3, -0.25) is 9.59 Å². The molecule has 0 aliphatic rings. The molecule has 0 saturated carbocycles. The van der Waals surface area contributed by atoms with E-state index in [-0.39, 0.29) is 10.6 Å². The molecule has 104 valence electrons. The van der Waals surface area contributed by atoms with Crippen molar-refractivity contribution in [1.82, 2.24) is 0 Å². The maximum atomic E-state index is 11.9. The van der Waals surface area contributed by atoms with Crippen LogP contribution in [0.5, 0.6) is 0 Å². The van der Waals surface area contributed by atoms with Crippen molar-refractivity contribution in [2.75, 3.05) is 5.73 Å². The third-order valence-corrected chi connectivity index (χ3v) is 3.64. The Morgan fingerprint density at radius 3 is 2.37 bits per heavy atom. The number of nitrogens with two attached hydrogens (primary N) is 1. The number of Topliss-reactive ketones (excluding diaryl/α,β-unsaturated/α-hetero) is 1. The molecule has 7 heteroatoms. The van der Waals surface area contributed by atoms with Crippen LogP contribution < -0.4 is 5.73 Å². The van der Waals surface area contributed by atoms with E-state index in [1.165, 1.54) is 13.0 Å². The minimum atomic E-state index is -4.31. The topological polar surface area (TPSA) is 104 Å². The predicted molar refractivity (Wildman–Crippen MR) is 68.9 cm³/mol. The van der Waals surface area contributed by atoms with Gasteiger partial charge in [-0.2, -0.15) is 8.42 Å². The molecule has 6 nitrogen and oxygen atoms in total. The van der Waals surface area contributed by atoms with Gasteiger partial charge in [0.25, 0.3) is 0 Å². The van der Waals surface area contributed by atoms with Crippen LogP contribution in [-0.4, -0.2) is 20.2 Å². The molecule has 1 rings (SSSR count). The van der Waals surface area contributed by atoms with E-state index in [0.717, 1.165) is 0 Å². The second-order valence-corrected chi connectivity index (χ2v) is 5.80. The van der Waals surface area contributed by atoms with Crippen LogP contribution in [0.25, 0.3) is 0 Å². The summed E-state index contributed by atoms with van der Waals surface area (Å²) in [6.45, 7) is 4.51. The van der Waals surface area contributed by atoms with Crippen LogP contribution >= 0.6 is 0 Å². The molecule has 19 heavy (non-hydrogen) atoms. The van der Waals surface area contributed by atoms with Gasteiger partial charge in [0.1, 0.15) is 17.1 Å². The van der Waals surface area contributed by atoms with Gasteiger partial charge < -0.3 is 9.92 Å². The van der Waals surface area contributed by atoms with Crippen LogP contribution in [0.15, 0.2) is 17.0 Å². The fourth-order valence-electron chi connectivity index (χ4n) is 1.55. The average molecular weight is 285 g/mol. The van der Waals surface area contributed by atoms with Gasteiger partial charge in [0.15, 0.2) is 0 Å². The molecule has 1 aromatic carbocycles. The summed E-state index contributed by atoms with van der Waals surface area (Å²) in [4.78, 5) is 21.7. The molecule has 2 N–H and O–H groups in total. The largest absolute Gasteiger partial charge is 0.397 e. The van der Waals surface area contributed by atoms with E-state index >= 15 is 0 Å². The number of hydrogen-bond acceptors (Lipinski definition) is 6. The number of benzene rings is 1. The highest BCUT2D eigenvalue weighted by Crippen LogP contribution is 2.25. The number of hydrogen-bond donors (Lipinski definition) is 1. The van der Waals surface area contributed by atoms with Crippen molar-refractivity contribution in [2.24, 2.45) is 0 Å². The molecule has 0 aliphatic heterocycles. The average Bonchev–Trinajstić information content (AvgIpc) is 2.20. The van der Waals surface area contributed by atoms with Gasteiger partial charge in [-0.25, -0.2) is 0 Å². The van der Waals surface area contributed by atoms with Crippen LogP contribution in [0.2, 0.25) is 0 Å². The summed E-state index contributed by atoms with van der Waals surface area (Å²) < 4.78 is 28.2. The Morgan fingerprint density at radius 2 is 1.84 bits per heavy atom. The van der Waals surface area contributed by atoms with Gasteiger partial charge in [-0.1, -0.05) is 6.07 Å². The van der Waals surface area contributed by atoms with E-state index in [4.69, 9.17) is 5.73 Å². The summed E-state index contributed by atoms with van der Waals surface area (Å²) in [6, 6.07) is 3.03. The molecule has 0 spiro atoms. The molecule has 0 saturated heterocycles. The summed E-state index contributed by atoms with van der Waals surface area (Å²) in [5.74, 6) is -1.60. The third-order valence-electron chi connectivity index (χ3n) is 2.36. The lowest BCUT2D eigenvalue weighted by atomic mass is 10.1. The van der Waals surface area contributed by atoms with Crippen molar-refractivity contribution in [2.45, 2.75) is 32.1 Å². The number of nitrogen functional groups attached to an aromatic ring is 1. The van der Waals surface area contributed by atoms with Crippen LogP contribution in [-0.2, 0) is 23.9 Å². The summed E-state index contributed by atoms with van der Waals surface area (Å²) in [5.41, 5.74) is 6.95. The second kappa shape index (κ2) is 5.40. The summed E-state index contributed by atoms with van der Waals surface area (Å²) in [5, 5.41) is 0. The second-order valence-electron chi connectivity index (χ2n) is 4.28. The van der Waals surface area contributed by atoms with Crippen LogP contribution in [0.1, 0.15) is 24.5 Å². The molecule has 0 atom stereocenters. The van der Waals surface area contributed by atoms with Crippen molar-refractivity contribution in [3.05, 3.63) is 23.3 Å². The van der Waals surface area contributed by atoms with Gasteiger partial charge in [0.2, 0.25) is 0 Å². The van der Waals surface area contributed by atoms with Crippen LogP contribution in [0.4, 0.5) is 5.69 Å². The lowest BCUT2D eigenvalue weighted by molar-refractivity contribution is -0.136. The Morgan fingerprint density at radius 1 is 1.26 bits per heavy atom. The number of carbonyl (C=O) groups is 2. The van der Waals surface area contributed by atoms with Crippen molar-refractivity contribution < 1.29 is 22.2 Å². The highest BCUT2D eigenvalue weighted by molar-refractivity contribution is 7.87. The highest BCUT2D eigenvalue weighted by atomic mass is 32.2.